The van der Waals surface area contributed by atoms with Crippen molar-refractivity contribution in [1.29, 1.82) is 0 Å². The van der Waals surface area contributed by atoms with Crippen molar-refractivity contribution < 1.29 is 23.8 Å². The number of ketones is 1. The SMILES string of the molecule is CCOC(=O)C1Oc2cc(C(=O)c3ccnn3C)c(Cl)c(Cl)c2O1. The molecule has 0 fully saturated rings. The first kappa shape index (κ1) is 16.6. The van der Waals surface area contributed by atoms with Crippen molar-refractivity contribution in [2.75, 3.05) is 6.61 Å². The average Bonchev–Trinajstić information content (AvgIpc) is 3.16. The second kappa shape index (κ2) is 6.33. The predicted molar refractivity (Wildman–Crippen MR) is 84.8 cm³/mol. The molecule has 1 atom stereocenters. The zero-order chi connectivity index (χ0) is 17.4. The van der Waals surface area contributed by atoms with Gasteiger partial charge in [0.05, 0.1) is 11.6 Å². The minimum Gasteiger partial charge on any atom is -0.460 e. The number of ether oxygens (including phenoxy) is 3. The molecule has 2 heterocycles. The lowest BCUT2D eigenvalue weighted by molar-refractivity contribution is -0.161. The third-order valence-corrected chi connectivity index (χ3v) is 4.21. The predicted octanol–water partition coefficient (Wildman–Crippen LogP) is 2.62. The second-order valence-corrected chi connectivity index (χ2v) is 5.62. The van der Waals surface area contributed by atoms with Gasteiger partial charge in [-0.2, -0.15) is 5.10 Å². The third-order valence-electron chi connectivity index (χ3n) is 3.36. The highest BCUT2D eigenvalue weighted by Gasteiger charge is 2.36. The summed E-state index contributed by atoms with van der Waals surface area (Å²) in [4.78, 5) is 24.4. The number of nitrogens with zero attached hydrogens (tertiary/aromatic N) is 2. The zero-order valence-electron chi connectivity index (χ0n) is 12.7. The minimum atomic E-state index is -1.28. The Morgan fingerprint density at radius 3 is 2.71 bits per heavy atom. The lowest BCUT2D eigenvalue weighted by Gasteiger charge is -2.08. The van der Waals surface area contributed by atoms with Gasteiger partial charge in [0.25, 0.3) is 0 Å². The summed E-state index contributed by atoms with van der Waals surface area (Å²) in [6, 6.07) is 2.94. The number of hydrogen-bond donors (Lipinski definition) is 0. The van der Waals surface area contributed by atoms with Gasteiger partial charge in [-0.1, -0.05) is 23.2 Å². The smallest absolute Gasteiger partial charge is 0.389 e. The van der Waals surface area contributed by atoms with Crippen LogP contribution in [0.5, 0.6) is 11.5 Å². The molecule has 0 saturated heterocycles. The fourth-order valence-corrected chi connectivity index (χ4v) is 2.70. The first-order valence-corrected chi connectivity index (χ1v) is 7.74. The van der Waals surface area contributed by atoms with Crippen molar-refractivity contribution in [2.45, 2.75) is 13.2 Å². The van der Waals surface area contributed by atoms with Crippen molar-refractivity contribution in [3.8, 4) is 11.5 Å². The van der Waals surface area contributed by atoms with Crippen LogP contribution in [0.25, 0.3) is 0 Å². The molecule has 1 aliphatic rings. The Morgan fingerprint density at radius 1 is 1.33 bits per heavy atom. The number of esters is 1. The monoisotopic (exact) mass is 370 g/mol. The molecule has 9 heteroatoms. The fraction of sp³-hybridized carbons (Fsp3) is 0.267. The van der Waals surface area contributed by atoms with Gasteiger partial charge >= 0.3 is 12.3 Å². The molecule has 0 amide bonds. The van der Waals surface area contributed by atoms with E-state index in [1.807, 2.05) is 0 Å². The van der Waals surface area contributed by atoms with E-state index in [4.69, 9.17) is 37.4 Å². The van der Waals surface area contributed by atoms with E-state index >= 15 is 0 Å². The normalized spacial score (nSPS) is 15.4. The molecule has 0 spiro atoms. The number of benzene rings is 1. The van der Waals surface area contributed by atoms with Crippen LogP contribution in [0.3, 0.4) is 0 Å². The number of carbonyl (C=O) groups excluding carboxylic acids is 2. The van der Waals surface area contributed by atoms with E-state index < -0.39 is 12.3 Å². The highest BCUT2D eigenvalue weighted by molar-refractivity contribution is 6.45. The molecule has 1 unspecified atom stereocenters. The highest BCUT2D eigenvalue weighted by atomic mass is 35.5. The second-order valence-electron chi connectivity index (χ2n) is 4.87. The van der Waals surface area contributed by atoms with E-state index in [9.17, 15) is 9.59 Å². The molecule has 0 bridgehead atoms. The molecule has 24 heavy (non-hydrogen) atoms. The number of halogens is 2. The molecule has 0 radical (unpaired) electrons. The van der Waals surface area contributed by atoms with Crippen LogP contribution in [0.2, 0.25) is 10.0 Å². The van der Waals surface area contributed by atoms with Crippen molar-refractivity contribution in [2.24, 2.45) is 7.05 Å². The molecule has 126 valence electrons. The van der Waals surface area contributed by atoms with Crippen molar-refractivity contribution >= 4 is 35.0 Å². The molecule has 1 aromatic carbocycles. The van der Waals surface area contributed by atoms with Crippen LogP contribution in [0.4, 0.5) is 0 Å². The Hall–Kier alpha value is -2.25. The topological polar surface area (TPSA) is 79.7 Å². The molecule has 3 rings (SSSR count). The average molecular weight is 371 g/mol. The summed E-state index contributed by atoms with van der Waals surface area (Å²) in [6.07, 6.45) is 0.211. The van der Waals surface area contributed by atoms with Gasteiger partial charge in [0.15, 0.2) is 11.5 Å². The number of carbonyl (C=O) groups is 2. The van der Waals surface area contributed by atoms with Crippen LogP contribution in [-0.4, -0.2) is 34.4 Å². The maximum Gasteiger partial charge on any atom is 0.389 e. The van der Waals surface area contributed by atoms with Crippen LogP contribution in [0, 0.1) is 0 Å². The lowest BCUT2D eigenvalue weighted by Crippen LogP contribution is -2.30. The Labute approximate surface area is 147 Å². The third kappa shape index (κ3) is 2.70. The molecular weight excluding hydrogens is 359 g/mol. The maximum atomic E-state index is 12.6. The number of hydrogen-bond acceptors (Lipinski definition) is 6. The summed E-state index contributed by atoms with van der Waals surface area (Å²) < 4.78 is 17.0. The first-order chi connectivity index (χ1) is 11.4. The summed E-state index contributed by atoms with van der Waals surface area (Å²) in [5.41, 5.74) is 0.450. The minimum absolute atomic E-state index is 0.00789. The van der Waals surface area contributed by atoms with E-state index in [0.29, 0.717) is 5.69 Å². The van der Waals surface area contributed by atoms with Crippen LogP contribution >= 0.6 is 23.2 Å². The zero-order valence-corrected chi connectivity index (χ0v) is 14.2. The van der Waals surface area contributed by atoms with Crippen LogP contribution in [-0.2, 0) is 16.6 Å². The maximum absolute atomic E-state index is 12.6. The van der Waals surface area contributed by atoms with E-state index in [2.05, 4.69) is 5.10 Å². The summed E-state index contributed by atoms with van der Waals surface area (Å²) >= 11 is 12.4. The summed E-state index contributed by atoms with van der Waals surface area (Å²) in [5.74, 6) is -0.831. The van der Waals surface area contributed by atoms with Gasteiger partial charge in [-0.15, -0.1) is 0 Å². The van der Waals surface area contributed by atoms with Gasteiger partial charge < -0.3 is 14.2 Å². The summed E-state index contributed by atoms with van der Waals surface area (Å²) in [6.45, 7) is 1.84. The number of fused-ring (bicyclic) bond motifs is 1. The molecule has 1 aliphatic heterocycles. The quantitative estimate of drug-likeness (QED) is 0.607. The van der Waals surface area contributed by atoms with Crippen LogP contribution in [0.15, 0.2) is 18.3 Å². The Balaban J connectivity index is 1.98. The molecule has 0 N–H and O–H groups in total. The number of aryl methyl sites for hydroxylation is 1. The Morgan fingerprint density at radius 2 is 2.08 bits per heavy atom. The molecule has 7 nitrogen and oxygen atoms in total. The van der Waals surface area contributed by atoms with E-state index in [-0.39, 0.29) is 39.5 Å². The lowest BCUT2D eigenvalue weighted by atomic mass is 10.1. The van der Waals surface area contributed by atoms with Crippen molar-refractivity contribution in [3.63, 3.8) is 0 Å². The fourth-order valence-electron chi connectivity index (χ4n) is 2.24. The molecular formula is C15H12Cl2N2O5. The van der Waals surface area contributed by atoms with Crippen molar-refractivity contribution in [1.82, 2.24) is 9.78 Å². The van der Waals surface area contributed by atoms with Gasteiger partial charge in [-0.25, -0.2) is 4.79 Å². The molecule has 0 saturated carbocycles. The largest absolute Gasteiger partial charge is 0.460 e. The molecule has 1 aromatic heterocycles. The molecule has 2 aromatic rings. The number of aromatic nitrogens is 2. The van der Waals surface area contributed by atoms with Gasteiger partial charge in [0, 0.05) is 18.8 Å². The van der Waals surface area contributed by atoms with Gasteiger partial charge in [0.1, 0.15) is 10.7 Å². The van der Waals surface area contributed by atoms with E-state index in [0.717, 1.165) is 0 Å². The first-order valence-electron chi connectivity index (χ1n) is 6.98. The van der Waals surface area contributed by atoms with Crippen LogP contribution < -0.4 is 9.47 Å². The van der Waals surface area contributed by atoms with Gasteiger partial charge in [-0.05, 0) is 19.1 Å². The van der Waals surface area contributed by atoms with Crippen LogP contribution in [0.1, 0.15) is 23.0 Å². The standard InChI is InChI=1S/C15H12Cl2N2O5/c1-3-22-14(21)15-23-9-6-7(10(16)11(17)13(9)24-15)12(20)8-4-5-18-19(8)2/h4-6,15H,3H2,1-2H3. The summed E-state index contributed by atoms with van der Waals surface area (Å²) in [7, 11) is 1.63. The van der Waals surface area contributed by atoms with Crippen molar-refractivity contribution in [3.05, 3.63) is 39.6 Å². The van der Waals surface area contributed by atoms with E-state index in [1.54, 1.807) is 20.0 Å². The summed E-state index contributed by atoms with van der Waals surface area (Å²) in [5, 5.41) is 3.95. The molecule has 0 aliphatic carbocycles. The number of rotatable bonds is 4. The Kier molecular flexibility index (Phi) is 4.38. The highest BCUT2D eigenvalue weighted by Crippen LogP contribution is 2.46. The van der Waals surface area contributed by atoms with Gasteiger partial charge in [-0.3, -0.25) is 9.48 Å². The Bertz CT molecular complexity index is 834. The van der Waals surface area contributed by atoms with Gasteiger partial charge in [0.2, 0.25) is 5.78 Å². The van der Waals surface area contributed by atoms with E-state index in [1.165, 1.54) is 16.9 Å².